The third kappa shape index (κ3) is 2.40. The molecule has 1 saturated carbocycles. The zero-order valence-electron chi connectivity index (χ0n) is 11.0. The van der Waals surface area contributed by atoms with Crippen molar-refractivity contribution in [2.24, 2.45) is 5.92 Å². The van der Waals surface area contributed by atoms with Gasteiger partial charge in [0.2, 0.25) is 0 Å². The molecular formula is C13H25NO2. The molecule has 0 bridgehead atoms. The van der Waals surface area contributed by atoms with Crippen molar-refractivity contribution in [3.63, 3.8) is 0 Å². The first-order valence-corrected chi connectivity index (χ1v) is 6.40. The van der Waals surface area contributed by atoms with Gasteiger partial charge in [-0.05, 0) is 52.0 Å². The molecule has 94 valence electrons. The average molecular weight is 227 g/mol. The highest BCUT2D eigenvalue weighted by Gasteiger charge is 2.45. The smallest absolute Gasteiger partial charge is 0.324 e. The van der Waals surface area contributed by atoms with Crippen LogP contribution in [-0.4, -0.2) is 34.6 Å². The summed E-state index contributed by atoms with van der Waals surface area (Å²) in [7, 11) is 1.97. The van der Waals surface area contributed by atoms with E-state index in [1.54, 1.807) is 0 Å². The van der Waals surface area contributed by atoms with Crippen molar-refractivity contribution in [2.45, 2.75) is 64.5 Å². The largest absolute Gasteiger partial charge is 0.480 e. The maximum absolute atomic E-state index is 11.6. The van der Waals surface area contributed by atoms with Crippen molar-refractivity contribution in [2.75, 3.05) is 7.05 Å². The number of carbonyl (C=O) groups is 1. The van der Waals surface area contributed by atoms with Crippen LogP contribution in [0.4, 0.5) is 0 Å². The Morgan fingerprint density at radius 1 is 1.50 bits per heavy atom. The fourth-order valence-electron chi connectivity index (χ4n) is 2.65. The molecule has 1 atom stereocenters. The number of carboxylic acid groups (broad SMARTS) is 1. The van der Waals surface area contributed by atoms with Crippen LogP contribution in [0.2, 0.25) is 0 Å². The minimum Gasteiger partial charge on any atom is -0.480 e. The fourth-order valence-corrected chi connectivity index (χ4v) is 2.65. The molecule has 0 aliphatic heterocycles. The minimum atomic E-state index is -0.637. The summed E-state index contributed by atoms with van der Waals surface area (Å²) in [5, 5.41) is 9.55. The quantitative estimate of drug-likeness (QED) is 0.803. The number of rotatable bonds is 4. The van der Waals surface area contributed by atoms with E-state index in [1.165, 1.54) is 0 Å². The van der Waals surface area contributed by atoms with E-state index in [2.05, 4.69) is 25.7 Å². The molecule has 0 amide bonds. The van der Waals surface area contributed by atoms with Gasteiger partial charge in [-0.1, -0.05) is 13.8 Å². The van der Waals surface area contributed by atoms with Crippen molar-refractivity contribution in [1.82, 2.24) is 4.90 Å². The zero-order chi connectivity index (χ0) is 12.3. The van der Waals surface area contributed by atoms with Crippen molar-refractivity contribution in [1.29, 1.82) is 0 Å². The summed E-state index contributed by atoms with van der Waals surface area (Å²) in [5.41, 5.74) is -0.609. The number of hydrogen-bond donors (Lipinski definition) is 1. The molecule has 1 rings (SSSR count). The van der Waals surface area contributed by atoms with E-state index >= 15 is 0 Å². The zero-order valence-corrected chi connectivity index (χ0v) is 11.0. The second-order valence-electron chi connectivity index (χ2n) is 5.39. The Labute approximate surface area is 98.8 Å². The molecular weight excluding hydrogens is 202 g/mol. The lowest BCUT2D eigenvalue weighted by atomic mass is 9.75. The summed E-state index contributed by atoms with van der Waals surface area (Å²) in [5.74, 6) is 0.0417. The molecule has 1 unspecified atom stereocenters. The Morgan fingerprint density at radius 2 is 2.00 bits per heavy atom. The Balaban J connectivity index is 2.85. The second kappa shape index (κ2) is 5.17. The lowest BCUT2D eigenvalue weighted by molar-refractivity contribution is -0.155. The third-order valence-electron chi connectivity index (χ3n) is 4.43. The number of likely N-dealkylation sites (N-methyl/N-ethyl adjacent to an activating group) is 1. The predicted molar refractivity (Wildman–Crippen MR) is 65.5 cm³/mol. The van der Waals surface area contributed by atoms with Crippen LogP contribution >= 0.6 is 0 Å². The lowest BCUT2D eigenvalue weighted by Gasteiger charge is -2.45. The summed E-state index contributed by atoms with van der Waals surface area (Å²) >= 11 is 0. The lowest BCUT2D eigenvalue weighted by Crippen LogP contribution is -2.57. The van der Waals surface area contributed by atoms with Gasteiger partial charge in [0.1, 0.15) is 5.54 Å². The molecule has 3 nitrogen and oxygen atoms in total. The van der Waals surface area contributed by atoms with E-state index < -0.39 is 11.5 Å². The Kier molecular flexibility index (Phi) is 4.36. The molecule has 1 aliphatic rings. The summed E-state index contributed by atoms with van der Waals surface area (Å²) in [6, 6.07) is 0.338. The van der Waals surface area contributed by atoms with Crippen molar-refractivity contribution < 1.29 is 9.90 Å². The van der Waals surface area contributed by atoms with Crippen LogP contribution in [0.1, 0.15) is 52.9 Å². The number of hydrogen-bond acceptors (Lipinski definition) is 2. The van der Waals surface area contributed by atoms with Gasteiger partial charge in [0.05, 0.1) is 0 Å². The predicted octanol–water partition coefficient (Wildman–Crippen LogP) is 2.75. The molecule has 16 heavy (non-hydrogen) atoms. The number of carboxylic acids is 1. The van der Waals surface area contributed by atoms with Gasteiger partial charge < -0.3 is 5.11 Å². The van der Waals surface area contributed by atoms with Gasteiger partial charge in [-0.25, -0.2) is 0 Å². The van der Waals surface area contributed by atoms with E-state index in [0.29, 0.717) is 12.0 Å². The average Bonchev–Trinajstić information content (AvgIpc) is 2.28. The van der Waals surface area contributed by atoms with Crippen molar-refractivity contribution in [3.8, 4) is 0 Å². The molecule has 1 fully saturated rings. The highest BCUT2D eigenvalue weighted by atomic mass is 16.4. The van der Waals surface area contributed by atoms with E-state index in [0.717, 1.165) is 32.1 Å². The first-order chi connectivity index (χ1) is 7.44. The van der Waals surface area contributed by atoms with Gasteiger partial charge in [0, 0.05) is 6.04 Å². The van der Waals surface area contributed by atoms with Crippen LogP contribution in [-0.2, 0) is 4.79 Å². The van der Waals surface area contributed by atoms with Gasteiger partial charge in [0.25, 0.3) is 0 Å². The monoisotopic (exact) mass is 227 g/mol. The molecule has 0 aromatic carbocycles. The summed E-state index contributed by atoms with van der Waals surface area (Å²) < 4.78 is 0. The van der Waals surface area contributed by atoms with Crippen LogP contribution in [0.5, 0.6) is 0 Å². The molecule has 0 radical (unpaired) electrons. The van der Waals surface area contributed by atoms with E-state index in [-0.39, 0.29) is 0 Å². The number of nitrogens with zero attached hydrogens (tertiary/aromatic N) is 1. The van der Waals surface area contributed by atoms with Crippen LogP contribution in [0.25, 0.3) is 0 Å². The molecule has 1 aliphatic carbocycles. The summed E-state index contributed by atoms with van der Waals surface area (Å²) in [6.45, 7) is 6.44. The van der Waals surface area contributed by atoms with E-state index in [9.17, 15) is 9.90 Å². The number of aliphatic carboxylic acids is 1. The Bertz CT molecular complexity index is 244. The van der Waals surface area contributed by atoms with Gasteiger partial charge in [-0.2, -0.15) is 0 Å². The Hall–Kier alpha value is -0.570. The molecule has 0 aromatic rings. The second-order valence-corrected chi connectivity index (χ2v) is 5.39. The third-order valence-corrected chi connectivity index (χ3v) is 4.43. The van der Waals surface area contributed by atoms with Gasteiger partial charge >= 0.3 is 5.97 Å². The first-order valence-electron chi connectivity index (χ1n) is 6.40. The maximum Gasteiger partial charge on any atom is 0.324 e. The molecule has 0 heterocycles. The highest BCUT2D eigenvalue weighted by Crippen LogP contribution is 2.37. The standard InChI is InChI=1S/C13H25NO2/c1-5-11(3)14(4)13(12(15)16)8-6-10(2)7-9-13/h10-11H,5-9H2,1-4H3,(H,15,16). The molecule has 1 N–H and O–H groups in total. The fraction of sp³-hybridized carbons (Fsp3) is 0.923. The van der Waals surface area contributed by atoms with Crippen LogP contribution < -0.4 is 0 Å². The SMILES string of the molecule is CCC(C)N(C)C1(C(=O)O)CCC(C)CC1. The molecule has 0 saturated heterocycles. The van der Waals surface area contributed by atoms with Crippen LogP contribution in [0, 0.1) is 5.92 Å². The van der Waals surface area contributed by atoms with Gasteiger partial charge in [-0.15, -0.1) is 0 Å². The maximum atomic E-state index is 11.6. The highest BCUT2D eigenvalue weighted by molar-refractivity contribution is 5.79. The summed E-state index contributed by atoms with van der Waals surface area (Å²) in [4.78, 5) is 13.7. The van der Waals surface area contributed by atoms with E-state index in [1.807, 2.05) is 7.05 Å². The molecule has 3 heteroatoms. The van der Waals surface area contributed by atoms with Crippen molar-refractivity contribution in [3.05, 3.63) is 0 Å². The first kappa shape index (κ1) is 13.5. The van der Waals surface area contributed by atoms with Crippen LogP contribution in [0.3, 0.4) is 0 Å². The van der Waals surface area contributed by atoms with Crippen molar-refractivity contribution >= 4 is 5.97 Å². The Morgan fingerprint density at radius 3 is 2.38 bits per heavy atom. The van der Waals surface area contributed by atoms with Gasteiger partial charge in [-0.3, -0.25) is 9.69 Å². The van der Waals surface area contributed by atoms with E-state index in [4.69, 9.17) is 0 Å². The normalized spacial score (nSPS) is 32.7. The topological polar surface area (TPSA) is 40.5 Å². The minimum absolute atomic E-state index is 0.338. The molecule has 0 spiro atoms. The van der Waals surface area contributed by atoms with Gasteiger partial charge in [0.15, 0.2) is 0 Å². The van der Waals surface area contributed by atoms with Crippen LogP contribution in [0.15, 0.2) is 0 Å². The molecule has 0 aromatic heterocycles. The summed E-state index contributed by atoms with van der Waals surface area (Å²) in [6.07, 6.45) is 4.66.